The molecule has 3 unspecified atom stereocenters. The van der Waals surface area contributed by atoms with Crippen LogP contribution >= 0.6 is 0 Å². The molecule has 1 aromatic carbocycles. The van der Waals surface area contributed by atoms with E-state index in [0.717, 1.165) is 24.4 Å². The van der Waals surface area contributed by atoms with Crippen LogP contribution in [0.5, 0.6) is 5.75 Å². The Hall–Kier alpha value is -0.883. The second-order valence-corrected chi connectivity index (χ2v) is 10.2. The third-order valence-electron chi connectivity index (χ3n) is 4.93. The third kappa shape index (κ3) is 3.63. The van der Waals surface area contributed by atoms with Gasteiger partial charge in [-0.1, -0.05) is 39.0 Å². The molecule has 3 atom stereocenters. The summed E-state index contributed by atoms with van der Waals surface area (Å²) in [6, 6.07) is 7.61. The summed E-state index contributed by atoms with van der Waals surface area (Å²) < 4.78 is 17.8. The number of aromatic hydroxyl groups is 1. The lowest BCUT2D eigenvalue weighted by Crippen LogP contribution is -2.74. The molecule has 132 valence electrons. The van der Waals surface area contributed by atoms with Gasteiger partial charge in [0.25, 0.3) is 0 Å². The first kappa shape index (κ1) is 20.2. The normalized spacial score (nSPS) is 18.2. The highest BCUT2D eigenvalue weighted by Crippen LogP contribution is 2.32. The quantitative estimate of drug-likeness (QED) is 0.665. The molecule has 0 saturated carbocycles. The van der Waals surface area contributed by atoms with Gasteiger partial charge in [-0.3, -0.25) is 0 Å². The highest BCUT2D eigenvalue weighted by Gasteiger charge is 2.56. The van der Waals surface area contributed by atoms with E-state index in [2.05, 4.69) is 20.8 Å². The predicted octanol–water partition coefficient (Wildman–Crippen LogP) is 2.94. The van der Waals surface area contributed by atoms with Gasteiger partial charge in [0.15, 0.2) is 8.07 Å². The summed E-state index contributed by atoms with van der Waals surface area (Å²) in [6.07, 6.45) is 2.57. The van der Waals surface area contributed by atoms with Crippen molar-refractivity contribution in [2.75, 3.05) is 21.3 Å². The number of benzene rings is 1. The van der Waals surface area contributed by atoms with Crippen molar-refractivity contribution in [1.82, 2.24) is 0 Å². The standard InChI is InChI=1S/C18H32O4Si/c1-7-16(20-4)23(17(8-2)21-5,18(9-3)22-6)15-13-11-10-12-14(15)19/h10-13,16-19H,7-9H2,1-6H3. The van der Waals surface area contributed by atoms with Gasteiger partial charge in [-0.2, -0.15) is 0 Å². The first-order valence-corrected chi connectivity index (χ1v) is 10.7. The minimum atomic E-state index is -2.52. The number of phenols is 1. The van der Waals surface area contributed by atoms with Crippen molar-refractivity contribution in [2.45, 2.75) is 57.2 Å². The average molecular weight is 341 g/mol. The molecule has 23 heavy (non-hydrogen) atoms. The predicted molar refractivity (Wildman–Crippen MR) is 96.8 cm³/mol. The van der Waals surface area contributed by atoms with Crippen molar-refractivity contribution in [3.8, 4) is 5.75 Å². The van der Waals surface area contributed by atoms with Crippen LogP contribution in [0.4, 0.5) is 0 Å². The van der Waals surface area contributed by atoms with Gasteiger partial charge < -0.3 is 19.3 Å². The molecular formula is C18H32O4Si. The smallest absolute Gasteiger partial charge is 0.184 e. The summed E-state index contributed by atoms with van der Waals surface area (Å²) in [6.45, 7) is 6.38. The van der Waals surface area contributed by atoms with E-state index in [0.29, 0.717) is 5.75 Å². The molecule has 5 heteroatoms. The lowest BCUT2D eigenvalue weighted by Gasteiger charge is -2.47. The zero-order valence-corrected chi connectivity index (χ0v) is 16.3. The van der Waals surface area contributed by atoms with Gasteiger partial charge in [0.05, 0.1) is 17.2 Å². The zero-order valence-electron chi connectivity index (χ0n) is 15.3. The first-order chi connectivity index (χ1) is 11.1. The van der Waals surface area contributed by atoms with E-state index >= 15 is 0 Å². The number of phenolic OH excluding ortho intramolecular Hbond substituents is 1. The van der Waals surface area contributed by atoms with Crippen LogP contribution in [0.3, 0.4) is 0 Å². The van der Waals surface area contributed by atoms with Crippen molar-refractivity contribution >= 4 is 13.3 Å². The Bertz CT molecular complexity index is 423. The van der Waals surface area contributed by atoms with Crippen molar-refractivity contribution in [3.05, 3.63) is 24.3 Å². The number of rotatable bonds is 10. The second kappa shape index (κ2) is 9.42. The van der Waals surface area contributed by atoms with E-state index in [1.54, 1.807) is 27.4 Å². The van der Waals surface area contributed by atoms with Gasteiger partial charge in [-0.05, 0) is 30.5 Å². The van der Waals surface area contributed by atoms with Gasteiger partial charge in [0.2, 0.25) is 0 Å². The summed E-state index contributed by atoms with van der Waals surface area (Å²) >= 11 is 0. The van der Waals surface area contributed by atoms with Crippen molar-refractivity contribution in [2.24, 2.45) is 0 Å². The van der Waals surface area contributed by atoms with Crippen LogP contribution in [-0.2, 0) is 14.2 Å². The highest BCUT2D eigenvalue weighted by molar-refractivity contribution is 6.95. The summed E-state index contributed by atoms with van der Waals surface area (Å²) in [4.78, 5) is 0. The van der Waals surface area contributed by atoms with Gasteiger partial charge in [-0.25, -0.2) is 0 Å². The van der Waals surface area contributed by atoms with E-state index in [4.69, 9.17) is 14.2 Å². The molecule has 0 heterocycles. The maximum absolute atomic E-state index is 10.6. The molecule has 0 aliphatic heterocycles. The molecule has 0 aliphatic carbocycles. The second-order valence-electron chi connectivity index (χ2n) is 5.85. The summed E-state index contributed by atoms with van der Waals surface area (Å²) in [7, 11) is 2.73. The van der Waals surface area contributed by atoms with E-state index < -0.39 is 8.07 Å². The summed E-state index contributed by atoms with van der Waals surface area (Å²) in [5.74, 6) is 0.320. The maximum atomic E-state index is 10.6. The zero-order chi connectivity index (χ0) is 17.5. The molecule has 0 spiro atoms. The van der Waals surface area contributed by atoms with Gasteiger partial charge in [0.1, 0.15) is 5.75 Å². The Balaban J connectivity index is 3.74. The van der Waals surface area contributed by atoms with Crippen LogP contribution in [0.2, 0.25) is 0 Å². The molecule has 0 saturated heterocycles. The molecule has 0 bridgehead atoms. The number of methoxy groups -OCH3 is 3. The van der Waals surface area contributed by atoms with E-state index in [1.165, 1.54) is 0 Å². The largest absolute Gasteiger partial charge is 0.508 e. The average Bonchev–Trinajstić information content (AvgIpc) is 2.57. The van der Waals surface area contributed by atoms with Gasteiger partial charge >= 0.3 is 0 Å². The van der Waals surface area contributed by atoms with Crippen LogP contribution in [0.25, 0.3) is 0 Å². The van der Waals surface area contributed by atoms with E-state index in [9.17, 15) is 5.11 Å². The molecule has 1 aromatic rings. The number of hydrogen-bond acceptors (Lipinski definition) is 4. The van der Waals surface area contributed by atoms with Crippen LogP contribution < -0.4 is 5.19 Å². The Morgan fingerprint density at radius 3 is 1.52 bits per heavy atom. The monoisotopic (exact) mass is 340 g/mol. The number of para-hydroxylation sites is 1. The fraction of sp³-hybridized carbons (Fsp3) is 0.667. The maximum Gasteiger partial charge on any atom is 0.184 e. The van der Waals surface area contributed by atoms with Crippen molar-refractivity contribution in [3.63, 3.8) is 0 Å². The Morgan fingerprint density at radius 2 is 1.22 bits per heavy atom. The minimum absolute atomic E-state index is 0.00519. The number of ether oxygens (including phenoxy) is 3. The van der Waals surface area contributed by atoms with Crippen molar-refractivity contribution < 1.29 is 19.3 Å². The highest BCUT2D eigenvalue weighted by atomic mass is 28.3. The van der Waals surface area contributed by atoms with Crippen LogP contribution in [-0.4, -0.2) is 51.7 Å². The molecule has 0 fully saturated rings. The van der Waals surface area contributed by atoms with Crippen LogP contribution in [0.1, 0.15) is 40.0 Å². The summed E-state index contributed by atoms with van der Waals surface area (Å²) in [5.41, 5.74) is 0.0156. The molecule has 1 N–H and O–H groups in total. The molecule has 0 radical (unpaired) electrons. The third-order valence-corrected chi connectivity index (χ3v) is 11.4. The minimum Gasteiger partial charge on any atom is -0.508 e. The van der Waals surface area contributed by atoms with Gasteiger partial charge in [0, 0.05) is 21.3 Å². The molecule has 4 nitrogen and oxygen atoms in total. The molecule has 0 aromatic heterocycles. The fourth-order valence-electron chi connectivity index (χ4n) is 4.08. The van der Waals surface area contributed by atoms with Gasteiger partial charge in [-0.15, -0.1) is 0 Å². The van der Waals surface area contributed by atoms with E-state index in [-0.39, 0.29) is 17.2 Å². The molecule has 0 aliphatic rings. The SMILES string of the molecule is CCC(OC)[Si](c1ccccc1O)(C(CC)OC)C(CC)OC. The Kier molecular flexibility index (Phi) is 8.26. The van der Waals surface area contributed by atoms with Crippen LogP contribution in [0.15, 0.2) is 24.3 Å². The topological polar surface area (TPSA) is 47.9 Å². The Morgan fingerprint density at radius 1 is 0.826 bits per heavy atom. The number of hydrogen-bond donors (Lipinski definition) is 1. The van der Waals surface area contributed by atoms with Crippen LogP contribution in [0, 0.1) is 0 Å². The molecular weight excluding hydrogens is 308 g/mol. The molecule has 0 amide bonds. The fourth-order valence-corrected chi connectivity index (χ4v) is 10.5. The lowest BCUT2D eigenvalue weighted by molar-refractivity contribution is 0.0835. The first-order valence-electron chi connectivity index (χ1n) is 8.44. The van der Waals surface area contributed by atoms with E-state index in [1.807, 2.05) is 18.2 Å². The lowest BCUT2D eigenvalue weighted by atomic mass is 10.3. The molecule has 1 rings (SSSR count). The Labute approximate surface area is 141 Å². The summed E-state index contributed by atoms with van der Waals surface area (Å²) in [5, 5.41) is 11.6. The van der Waals surface area contributed by atoms with Crippen molar-refractivity contribution in [1.29, 1.82) is 0 Å².